The first-order valence-electron chi connectivity index (χ1n) is 9.24. The van der Waals surface area contributed by atoms with Crippen LogP contribution in [-0.2, 0) is 6.42 Å². The molecule has 0 aliphatic carbocycles. The van der Waals surface area contributed by atoms with Gasteiger partial charge in [0.1, 0.15) is 5.75 Å². The maximum absolute atomic E-state index is 5.50. The van der Waals surface area contributed by atoms with Gasteiger partial charge in [-0.05, 0) is 54.7 Å². The van der Waals surface area contributed by atoms with Gasteiger partial charge in [0.2, 0.25) is 0 Å². The van der Waals surface area contributed by atoms with E-state index in [2.05, 4.69) is 50.8 Å². The SMILES string of the molecule is CCC1c2cc(OC)cc(C)c2CCN1c1cnc(-c2ncccn2)nc1. The number of aryl methyl sites for hydroxylation is 1. The third kappa shape index (κ3) is 3.23. The van der Waals surface area contributed by atoms with Crippen molar-refractivity contribution in [2.24, 2.45) is 0 Å². The van der Waals surface area contributed by atoms with Crippen LogP contribution in [0.4, 0.5) is 5.69 Å². The molecule has 0 saturated carbocycles. The van der Waals surface area contributed by atoms with E-state index in [0.29, 0.717) is 11.6 Å². The van der Waals surface area contributed by atoms with Crippen molar-refractivity contribution in [1.82, 2.24) is 19.9 Å². The van der Waals surface area contributed by atoms with Crippen LogP contribution in [0.15, 0.2) is 43.0 Å². The summed E-state index contributed by atoms with van der Waals surface area (Å²) in [5, 5.41) is 0. The fourth-order valence-electron chi connectivity index (χ4n) is 3.87. The molecule has 0 spiro atoms. The highest BCUT2D eigenvalue weighted by Gasteiger charge is 2.28. The molecule has 3 heterocycles. The summed E-state index contributed by atoms with van der Waals surface area (Å²) < 4.78 is 5.50. The summed E-state index contributed by atoms with van der Waals surface area (Å²) in [5.41, 5.74) is 5.10. The summed E-state index contributed by atoms with van der Waals surface area (Å²) >= 11 is 0. The van der Waals surface area contributed by atoms with Crippen molar-refractivity contribution in [3.05, 3.63) is 59.7 Å². The number of ether oxygens (including phenoxy) is 1. The van der Waals surface area contributed by atoms with E-state index in [1.807, 2.05) is 12.4 Å². The molecular formula is C21H23N5O. The van der Waals surface area contributed by atoms with E-state index in [9.17, 15) is 0 Å². The molecule has 1 unspecified atom stereocenters. The summed E-state index contributed by atoms with van der Waals surface area (Å²) in [5.74, 6) is 2.00. The largest absolute Gasteiger partial charge is 0.497 e. The lowest BCUT2D eigenvalue weighted by Crippen LogP contribution is -2.35. The second-order valence-corrected chi connectivity index (χ2v) is 6.72. The highest BCUT2D eigenvalue weighted by atomic mass is 16.5. The Labute approximate surface area is 159 Å². The van der Waals surface area contributed by atoms with Crippen LogP contribution in [0.1, 0.15) is 36.1 Å². The molecule has 3 aromatic rings. The molecule has 0 saturated heterocycles. The first-order chi connectivity index (χ1) is 13.2. The first kappa shape index (κ1) is 17.4. The Morgan fingerprint density at radius 3 is 2.44 bits per heavy atom. The molecule has 1 aliphatic heterocycles. The summed E-state index contributed by atoms with van der Waals surface area (Å²) in [6.07, 6.45) is 9.15. The highest BCUT2D eigenvalue weighted by Crippen LogP contribution is 2.38. The van der Waals surface area contributed by atoms with Gasteiger partial charge in [0.05, 0.1) is 31.2 Å². The lowest BCUT2D eigenvalue weighted by atomic mass is 9.87. The van der Waals surface area contributed by atoms with E-state index in [4.69, 9.17) is 4.74 Å². The molecular weight excluding hydrogens is 338 g/mol. The zero-order valence-corrected chi connectivity index (χ0v) is 15.9. The van der Waals surface area contributed by atoms with Crippen LogP contribution in [0.2, 0.25) is 0 Å². The monoisotopic (exact) mass is 361 g/mol. The maximum Gasteiger partial charge on any atom is 0.197 e. The normalized spacial score (nSPS) is 16.1. The number of benzene rings is 1. The molecule has 0 bridgehead atoms. The van der Waals surface area contributed by atoms with Gasteiger partial charge >= 0.3 is 0 Å². The zero-order chi connectivity index (χ0) is 18.8. The molecule has 4 rings (SSSR count). The van der Waals surface area contributed by atoms with E-state index in [-0.39, 0.29) is 6.04 Å². The van der Waals surface area contributed by atoms with Crippen molar-refractivity contribution in [2.45, 2.75) is 32.7 Å². The van der Waals surface area contributed by atoms with Gasteiger partial charge in [-0.2, -0.15) is 0 Å². The molecule has 138 valence electrons. The van der Waals surface area contributed by atoms with Crippen molar-refractivity contribution in [3.63, 3.8) is 0 Å². The van der Waals surface area contributed by atoms with Gasteiger partial charge in [0.25, 0.3) is 0 Å². The van der Waals surface area contributed by atoms with Gasteiger partial charge in [-0.3, -0.25) is 0 Å². The third-order valence-corrected chi connectivity index (χ3v) is 5.18. The van der Waals surface area contributed by atoms with Crippen molar-refractivity contribution in [2.75, 3.05) is 18.6 Å². The molecule has 1 aliphatic rings. The average Bonchev–Trinajstić information content (AvgIpc) is 2.73. The molecule has 0 radical (unpaired) electrons. The predicted molar refractivity (Wildman–Crippen MR) is 105 cm³/mol. The number of methoxy groups -OCH3 is 1. The van der Waals surface area contributed by atoms with Crippen molar-refractivity contribution in [3.8, 4) is 17.4 Å². The molecule has 0 N–H and O–H groups in total. The van der Waals surface area contributed by atoms with E-state index in [0.717, 1.165) is 30.8 Å². The van der Waals surface area contributed by atoms with Gasteiger partial charge in [0.15, 0.2) is 11.6 Å². The van der Waals surface area contributed by atoms with Gasteiger partial charge in [-0.15, -0.1) is 0 Å². The molecule has 6 heteroatoms. The fraction of sp³-hybridized carbons (Fsp3) is 0.333. The van der Waals surface area contributed by atoms with Crippen LogP contribution in [0.3, 0.4) is 0 Å². The Balaban J connectivity index is 1.67. The number of hydrogen-bond acceptors (Lipinski definition) is 6. The molecule has 2 aromatic heterocycles. The van der Waals surface area contributed by atoms with Gasteiger partial charge in [0, 0.05) is 18.9 Å². The van der Waals surface area contributed by atoms with Gasteiger partial charge in [-0.25, -0.2) is 19.9 Å². The molecule has 27 heavy (non-hydrogen) atoms. The smallest absolute Gasteiger partial charge is 0.197 e. The summed E-state index contributed by atoms with van der Waals surface area (Å²) in [7, 11) is 1.72. The van der Waals surface area contributed by atoms with E-state index in [1.54, 1.807) is 25.6 Å². The zero-order valence-electron chi connectivity index (χ0n) is 15.9. The van der Waals surface area contributed by atoms with Crippen LogP contribution in [0.5, 0.6) is 5.75 Å². The molecule has 6 nitrogen and oxygen atoms in total. The minimum Gasteiger partial charge on any atom is -0.497 e. The van der Waals surface area contributed by atoms with E-state index in [1.165, 1.54) is 16.7 Å². The molecule has 0 amide bonds. The van der Waals surface area contributed by atoms with Crippen LogP contribution < -0.4 is 9.64 Å². The van der Waals surface area contributed by atoms with Crippen LogP contribution >= 0.6 is 0 Å². The minimum atomic E-state index is 0.282. The summed E-state index contributed by atoms with van der Waals surface area (Å²) in [6.45, 7) is 5.33. The van der Waals surface area contributed by atoms with Crippen molar-refractivity contribution < 1.29 is 4.74 Å². The number of fused-ring (bicyclic) bond motifs is 1. The third-order valence-electron chi connectivity index (χ3n) is 5.18. The maximum atomic E-state index is 5.50. The van der Waals surface area contributed by atoms with Crippen molar-refractivity contribution >= 4 is 5.69 Å². The Kier molecular flexibility index (Phi) is 4.71. The van der Waals surface area contributed by atoms with Crippen LogP contribution in [0.25, 0.3) is 11.6 Å². The quantitative estimate of drug-likeness (QED) is 0.705. The van der Waals surface area contributed by atoms with E-state index >= 15 is 0 Å². The number of nitrogens with zero attached hydrogens (tertiary/aromatic N) is 5. The minimum absolute atomic E-state index is 0.282. The number of aromatic nitrogens is 4. The average molecular weight is 361 g/mol. The highest BCUT2D eigenvalue weighted by molar-refractivity contribution is 5.55. The Hall–Kier alpha value is -3.02. The lowest BCUT2D eigenvalue weighted by molar-refractivity contribution is 0.412. The van der Waals surface area contributed by atoms with E-state index < -0.39 is 0 Å². The Morgan fingerprint density at radius 2 is 1.78 bits per heavy atom. The second-order valence-electron chi connectivity index (χ2n) is 6.72. The molecule has 1 aromatic carbocycles. The fourth-order valence-corrected chi connectivity index (χ4v) is 3.87. The first-order valence-corrected chi connectivity index (χ1v) is 9.24. The van der Waals surface area contributed by atoms with Gasteiger partial charge < -0.3 is 9.64 Å². The Bertz CT molecular complexity index is 927. The summed E-state index contributed by atoms with van der Waals surface area (Å²) in [6, 6.07) is 6.37. The molecule has 0 fully saturated rings. The number of hydrogen-bond donors (Lipinski definition) is 0. The lowest BCUT2D eigenvalue weighted by Gasteiger charge is -2.39. The van der Waals surface area contributed by atoms with Crippen molar-refractivity contribution in [1.29, 1.82) is 0 Å². The predicted octanol–water partition coefficient (Wildman–Crippen LogP) is 3.76. The standard InChI is InChI=1S/C21H23N5O/c1-4-19-18-11-16(27-3)10-14(2)17(18)6-9-26(19)15-12-24-21(25-13-15)20-22-7-5-8-23-20/h5,7-8,10-13,19H,4,6,9H2,1-3H3. The van der Waals surface area contributed by atoms with Crippen LogP contribution in [-0.4, -0.2) is 33.6 Å². The van der Waals surface area contributed by atoms with Gasteiger partial charge in [-0.1, -0.05) is 6.92 Å². The molecule has 1 atom stereocenters. The second kappa shape index (κ2) is 7.31. The summed E-state index contributed by atoms with van der Waals surface area (Å²) in [4.78, 5) is 19.8. The number of anilines is 1. The number of rotatable bonds is 4. The topological polar surface area (TPSA) is 64.0 Å². The Morgan fingerprint density at radius 1 is 1.07 bits per heavy atom. The van der Waals surface area contributed by atoms with Crippen LogP contribution in [0, 0.1) is 6.92 Å².